The van der Waals surface area contributed by atoms with Gasteiger partial charge in [0, 0.05) is 27.6 Å². The molecule has 0 N–H and O–H groups in total. The summed E-state index contributed by atoms with van der Waals surface area (Å²) < 4.78 is 4.73. The van der Waals surface area contributed by atoms with Crippen molar-refractivity contribution >= 4 is 64.9 Å². The van der Waals surface area contributed by atoms with E-state index in [4.69, 9.17) is 9.97 Å². The highest BCUT2D eigenvalue weighted by atomic mass is 32.1. The number of thiazole rings is 2. The van der Waals surface area contributed by atoms with E-state index < -0.39 is 0 Å². The van der Waals surface area contributed by atoms with Crippen LogP contribution in [0.2, 0.25) is 0 Å². The molecule has 0 spiro atoms. The molecule has 3 aromatic heterocycles. The molecule has 0 aliphatic rings. The van der Waals surface area contributed by atoms with Crippen molar-refractivity contribution in [3.05, 3.63) is 139 Å². The molecular weight excluding hydrogens is 589 g/mol. The summed E-state index contributed by atoms with van der Waals surface area (Å²) in [4.78, 5) is 9.92. The largest absolute Gasteiger partial charge is 0.309 e. The molecule has 0 saturated heterocycles. The first-order chi connectivity index (χ1) is 22.2. The molecule has 210 valence electrons. The molecule has 6 aromatic carbocycles. The van der Waals surface area contributed by atoms with Gasteiger partial charge in [-0.2, -0.15) is 5.26 Å². The number of hydrogen-bond acceptors (Lipinski definition) is 5. The topological polar surface area (TPSA) is 54.5 Å². The smallest absolute Gasteiger partial charge is 0.124 e. The second kappa shape index (κ2) is 10.2. The van der Waals surface area contributed by atoms with Crippen molar-refractivity contribution in [2.45, 2.75) is 0 Å². The van der Waals surface area contributed by atoms with Gasteiger partial charge in [-0.25, -0.2) is 9.97 Å². The molecule has 0 bridgehead atoms. The lowest BCUT2D eigenvalue weighted by molar-refractivity contribution is 1.18. The van der Waals surface area contributed by atoms with Crippen molar-refractivity contribution in [1.82, 2.24) is 14.5 Å². The van der Waals surface area contributed by atoms with Gasteiger partial charge in [0.1, 0.15) is 10.0 Å². The molecule has 0 aliphatic heterocycles. The van der Waals surface area contributed by atoms with Crippen LogP contribution in [0.1, 0.15) is 5.56 Å². The Balaban J connectivity index is 1.23. The van der Waals surface area contributed by atoms with Gasteiger partial charge < -0.3 is 4.57 Å². The van der Waals surface area contributed by atoms with Gasteiger partial charge in [0.15, 0.2) is 0 Å². The SMILES string of the molecule is N#Cc1ccc(-c2ccc(-n3c4ccc(-c5nc6ccccc6s5)cc4c4cc(-c5nc6ccccc6s5)ccc43)cc2)cc1. The van der Waals surface area contributed by atoms with E-state index in [2.05, 4.69) is 108 Å². The van der Waals surface area contributed by atoms with E-state index in [-0.39, 0.29) is 0 Å². The summed E-state index contributed by atoms with van der Waals surface area (Å²) in [7, 11) is 0. The first-order valence-electron chi connectivity index (χ1n) is 14.6. The van der Waals surface area contributed by atoms with Gasteiger partial charge in [-0.1, -0.05) is 48.5 Å². The molecule has 9 aromatic rings. The molecule has 0 saturated carbocycles. The van der Waals surface area contributed by atoms with E-state index in [0.717, 1.165) is 60.0 Å². The molecule has 0 unspecified atom stereocenters. The number of hydrogen-bond donors (Lipinski definition) is 0. The lowest BCUT2D eigenvalue weighted by Crippen LogP contribution is -1.94. The molecule has 9 rings (SSSR count). The maximum atomic E-state index is 9.19. The van der Waals surface area contributed by atoms with Gasteiger partial charge in [-0.05, 0) is 96.1 Å². The molecule has 0 fully saturated rings. The fourth-order valence-corrected chi connectivity index (χ4v) is 8.02. The number of fused-ring (bicyclic) bond motifs is 5. The summed E-state index contributed by atoms with van der Waals surface area (Å²) in [6.45, 7) is 0. The predicted octanol–water partition coefficient (Wildman–Crippen LogP) is 10.9. The molecular formula is C39H22N4S2. The van der Waals surface area contributed by atoms with E-state index >= 15 is 0 Å². The Bertz CT molecular complexity index is 2400. The molecule has 4 nitrogen and oxygen atoms in total. The number of benzene rings is 6. The molecule has 45 heavy (non-hydrogen) atoms. The van der Waals surface area contributed by atoms with Crippen LogP contribution in [0.4, 0.5) is 0 Å². The minimum Gasteiger partial charge on any atom is -0.309 e. The van der Waals surface area contributed by atoms with Crippen LogP contribution in [0.3, 0.4) is 0 Å². The number of nitrogens with zero attached hydrogens (tertiary/aromatic N) is 4. The van der Waals surface area contributed by atoms with E-state index in [1.165, 1.54) is 20.2 Å². The van der Waals surface area contributed by atoms with Crippen LogP contribution in [0.5, 0.6) is 0 Å². The Morgan fingerprint density at radius 1 is 0.511 bits per heavy atom. The summed E-state index contributed by atoms with van der Waals surface area (Å²) in [6.07, 6.45) is 0. The lowest BCUT2D eigenvalue weighted by Gasteiger charge is -2.10. The lowest BCUT2D eigenvalue weighted by atomic mass is 10.0. The first-order valence-corrected chi connectivity index (χ1v) is 16.3. The van der Waals surface area contributed by atoms with Gasteiger partial charge >= 0.3 is 0 Å². The minimum absolute atomic E-state index is 0.663. The Kier molecular flexibility index (Phi) is 5.88. The second-order valence-electron chi connectivity index (χ2n) is 11.0. The fraction of sp³-hybridized carbons (Fsp3) is 0. The van der Waals surface area contributed by atoms with Crippen molar-refractivity contribution in [1.29, 1.82) is 5.26 Å². The van der Waals surface area contributed by atoms with Crippen LogP contribution in [0.25, 0.3) is 80.2 Å². The third-order valence-electron chi connectivity index (χ3n) is 8.32. The third-order valence-corrected chi connectivity index (χ3v) is 10.5. The quantitative estimate of drug-likeness (QED) is 0.199. The van der Waals surface area contributed by atoms with Gasteiger partial charge in [0.2, 0.25) is 0 Å². The monoisotopic (exact) mass is 610 g/mol. The normalized spacial score (nSPS) is 11.5. The van der Waals surface area contributed by atoms with Gasteiger partial charge in [0.25, 0.3) is 0 Å². The van der Waals surface area contributed by atoms with Crippen molar-refractivity contribution in [3.8, 4) is 44.0 Å². The fourth-order valence-electron chi connectivity index (χ4n) is 6.10. The van der Waals surface area contributed by atoms with Crippen LogP contribution < -0.4 is 0 Å². The third kappa shape index (κ3) is 4.33. The van der Waals surface area contributed by atoms with Crippen molar-refractivity contribution in [3.63, 3.8) is 0 Å². The van der Waals surface area contributed by atoms with Crippen LogP contribution in [-0.2, 0) is 0 Å². The highest BCUT2D eigenvalue weighted by molar-refractivity contribution is 7.22. The molecule has 0 amide bonds. The highest BCUT2D eigenvalue weighted by Crippen LogP contribution is 2.40. The molecule has 0 aliphatic carbocycles. The first kappa shape index (κ1) is 25.8. The molecule has 0 atom stereocenters. The zero-order valence-corrected chi connectivity index (χ0v) is 25.4. The number of para-hydroxylation sites is 2. The van der Waals surface area contributed by atoms with E-state index in [0.29, 0.717) is 5.56 Å². The maximum absolute atomic E-state index is 9.19. The van der Waals surface area contributed by atoms with Gasteiger partial charge in [-0.3, -0.25) is 0 Å². The molecule has 0 radical (unpaired) electrons. The van der Waals surface area contributed by atoms with E-state index in [1.807, 2.05) is 36.4 Å². The van der Waals surface area contributed by atoms with Crippen LogP contribution >= 0.6 is 22.7 Å². The van der Waals surface area contributed by atoms with Crippen molar-refractivity contribution < 1.29 is 0 Å². The average Bonchev–Trinajstić information content (AvgIpc) is 3.82. The van der Waals surface area contributed by atoms with Crippen LogP contribution in [0.15, 0.2) is 133 Å². The zero-order chi connectivity index (χ0) is 29.9. The average molecular weight is 611 g/mol. The van der Waals surface area contributed by atoms with Crippen molar-refractivity contribution in [2.24, 2.45) is 0 Å². The van der Waals surface area contributed by atoms with Crippen molar-refractivity contribution in [2.75, 3.05) is 0 Å². The van der Waals surface area contributed by atoms with Crippen LogP contribution in [0, 0.1) is 11.3 Å². The summed E-state index contributed by atoms with van der Waals surface area (Å²) in [5, 5.41) is 13.6. The highest BCUT2D eigenvalue weighted by Gasteiger charge is 2.17. The Hall–Kier alpha value is -5.61. The summed E-state index contributed by atoms with van der Waals surface area (Å²) in [6, 6.07) is 48.6. The summed E-state index contributed by atoms with van der Waals surface area (Å²) in [5.74, 6) is 0. The summed E-state index contributed by atoms with van der Waals surface area (Å²) >= 11 is 3.46. The predicted molar refractivity (Wildman–Crippen MR) is 188 cm³/mol. The minimum atomic E-state index is 0.663. The molecule has 6 heteroatoms. The Morgan fingerprint density at radius 2 is 0.978 bits per heavy atom. The number of aromatic nitrogens is 3. The Labute approximate surface area is 266 Å². The second-order valence-corrected chi connectivity index (χ2v) is 13.1. The number of rotatable bonds is 4. The Morgan fingerprint density at radius 3 is 1.47 bits per heavy atom. The summed E-state index contributed by atoms with van der Waals surface area (Å²) in [5.41, 5.74) is 10.5. The molecule has 3 heterocycles. The standard InChI is InChI=1S/C39H22N4S2/c40-23-24-9-11-25(12-10-24)26-13-17-29(18-14-26)43-34-19-15-27(38-41-32-5-1-3-7-36(32)44-38)21-30(34)31-22-28(16-20-35(31)43)39-42-33-6-2-4-8-37(33)45-39/h1-22H. The maximum Gasteiger partial charge on any atom is 0.124 e. The van der Waals surface area contributed by atoms with E-state index in [1.54, 1.807) is 22.7 Å². The zero-order valence-electron chi connectivity index (χ0n) is 23.8. The van der Waals surface area contributed by atoms with Gasteiger partial charge in [-0.15, -0.1) is 22.7 Å². The van der Waals surface area contributed by atoms with E-state index in [9.17, 15) is 5.26 Å². The van der Waals surface area contributed by atoms with Crippen LogP contribution in [-0.4, -0.2) is 14.5 Å². The van der Waals surface area contributed by atoms with Gasteiger partial charge in [0.05, 0.1) is 43.1 Å². The number of nitriles is 1.